The molecule has 0 amide bonds. The fourth-order valence-corrected chi connectivity index (χ4v) is 2.45. The summed E-state index contributed by atoms with van der Waals surface area (Å²) >= 11 is 0. The summed E-state index contributed by atoms with van der Waals surface area (Å²) in [5, 5.41) is 0. The van der Waals surface area contributed by atoms with E-state index in [0.717, 1.165) is 6.07 Å². The molecular formula is C12H19FN2O2S. The number of hydrogen-bond acceptors (Lipinski definition) is 3. The molecule has 0 saturated carbocycles. The van der Waals surface area contributed by atoms with Crippen LogP contribution in [0.15, 0.2) is 29.2 Å². The van der Waals surface area contributed by atoms with E-state index in [9.17, 15) is 12.8 Å². The molecule has 0 spiro atoms. The molecule has 1 aromatic carbocycles. The Kier molecular flexibility index (Phi) is 5.25. The third kappa shape index (κ3) is 4.04. The van der Waals surface area contributed by atoms with E-state index in [1.54, 1.807) is 0 Å². The second kappa shape index (κ2) is 6.26. The number of benzene rings is 1. The molecule has 0 radical (unpaired) electrons. The van der Waals surface area contributed by atoms with Crippen LogP contribution in [0.25, 0.3) is 0 Å². The zero-order chi connectivity index (χ0) is 13.8. The largest absolute Gasteiger partial charge is 0.303 e. The molecule has 0 fully saturated rings. The van der Waals surface area contributed by atoms with E-state index in [1.807, 2.05) is 25.8 Å². The van der Waals surface area contributed by atoms with Crippen LogP contribution in [0.3, 0.4) is 0 Å². The lowest BCUT2D eigenvalue weighted by Crippen LogP contribution is -2.36. The van der Waals surface area contributed by atoms with Gasteiger partial charge in [0, 0.05) is 19.1 Å². The van der Waals surface area contributed by atoms with Gasteiger partial charge in [0.1, 0.15) is 10.7 Å². The van der Waals surface area contributed by atoms with Crippen molar-refractivity contribution in [1.82, 2.24) is 9.62 Å². The Morgan fingerprint density at radius 1 is 1.33 bits per heavy atom. The van der Waals surface area contributed by atoms with Crippen molar-refractivity contribution < 1.29 is 12.8 Å². The molecule has 0 aromatic heterocycles. The van der Waals surface area contributed by atoms with Crippen molar-refractivity contribution >= 4 is 10.0 Å². The Balaban J connectivity index is 2.64. The maximum Gasteiger partial charge on any atom is 0.243 e. The number of nitrogens with zero attached hydrogens (tertiary/aromatic N) is 1. The molecule has 1 rings (SSSR count). The molecule has 0 bridgehead atoms. The summed E-state index contributed by atoms with van der Waals surface area (Å²) in [6, 6.07) is 5.68. The predicted molar refractivity (Wildman–Crippen MR) is 69.4 cm³/mol. The van der Waals surface area contributed by atoms with Crippen LogP contribution in [-0.2, 0) is 10.0 Å². The van der Waals surface area contributed by atoms with Crippen molar-refractivity contribution in [2.45, 2.75) is 24.8 Å². The van der Waals surface area contributed by atoms with Gasteiger partial charge in [-0.2, -0.15) is 0 Å². The van der Waals surface area contributed by atoms with Gasteiger partial charge >= 0.3 is 0 Å². The van der Waals surface area contributed by atoms with Crippen molar-refractivity contribution in [2.24, 2.45) is 0 Å². The Morgan fingerprint density at radius 3 is 2.50 bits per heavy atom. The highest BCUT2D eigenvalue weighted by atomic mass is 32.2. The summed E-state index contributed by atoms with van der Waals surface area (Å²) in [7, 11) is -1.86. The maximum absolute atomic E-state index is 13.4. The summed E-state index contributed by atoms with van der Waals surface area (Å²) in [5.41, 5.74) is 0. The van der Waals surface area contributed by atoms with Crippen LogP contribution < -0.4 is 4.72 Å². The average Bonchev–Trinajstić information content (AvgIpc) is 2.28. The SMILES string of the molecule is CC(C)N(C)CCNS(=O)(=O)c1ccccc1F. The molecule has 6 heteroatoms. The predicted octanol–water partition coefficient (Wildman–Crippen LogP) is 1.44. The molecular weight excluding hydrogens is 255 g/mol. The summed E-state index contributed by atoms with van der Waals surface area (Å²) in [4.78, 5) is 1.70. The first-order valence-corrected chi connectivity index (χ1v) is 7.27. The van der Waals surface area contributed by atoms with Crippen LogP contribution >= 0.6 is 0 Å². The first-order valence-electron chi connectivity index (χ1n) is 5.79. The minimum Gasteiger partial charge on any atom is -0.303 e. The molecule has 1 N–H and O–H groups in total. The minimum atomic E-state index is -3.76. The monoisotopic (exact) mass is 274 g/mol. The zero-order valence-electron chi connectivity index (χ0n) is 10.9. The van der Waals surface area contributed by atoms with E-state index in [0.29, 0.717) is 12.6 Å². The topological polar surface area (TPSA) is 49.4 Å². The zero-order valence-corrected chi connectivity index (χ0v) is 11.7. The van der Waals surface area contributed by atoms with Gasteiger partial charge in [0.05, 0.1) is 0 Å². The molecule has 0 saturated heterocycles. The van der Waals surface area contributed by atoms with Gasteiger partial charge in [-0.05, 0) is 33.0 Å². The molecule has 0 unspecified atom stereocenters. The molecule has 0 atom stereocenters. The minimum absolute atomic E-state index is 0.255. The van der Waals surface area contributed by atoms with Crippen molar-refractivity contribution in [1.29, 1.82) is 0 Å². The van der Waals surface area contributed by atoms with Gasteiger partial charge in [-0.25, -0.2) is 17.5 Å². The second-order valence-electron chi connectivity index (χ2n) is 4.40. The van der Waals surface area contributed by atoms with Crippen LogP contribution in [0, 0.1) is 5.82 Å². The summed E-state index contributed by atoms with van der Waals surface area (Å²) < 4.78 is 39.4. The third-order valence-corrected chi connectivity index (χ3v) is 4.26. The number of hydrogen-bond donors (Lipinski definition) is 1. The summed E-state index contributed by atoms with van der Waals surface area (Å²) in [6.07, 6.45) is 0. The summed E-state index contributed by atoms with van der Waals surface area (Å²) in [6.45, 7) is 4.87. The first-order chi connectivity index (χ1) is 8.34. The lowest BCUT2D eigenvalue weighted by Gasteiger charge is -2.20. The second-order valence-corrected chi connectivity index (χ2v) is 6.14. The standard InChI is InChI=1S/C12H19FN2O2S/c1-10(2)15(3)9-8-14-18(16,17)12-7-5-4-6-11(12)13/h4-7,10,14H,8-9H2,1-3H3. The Hall–Kier alpha value is -0.980. The van der Waals surface area contributed by atoms with Gasteiger partial charge in [0.25, 0.3) is 0 Å². The molecule has 102 valence electrons. The van der Waals surface area contributed by atoms with E-state index in [-0.39, 0.29) is 11.4 Å². The van der Waals surface area contributed by atoms with Gasteiger partial charge in [0.2, 0.25) is 10.0 Å². The third-order valence-electron chi connectivity index (χ3n) is 2.76. The molecule has 0 aliphatic heterocycles. The van der Waals surface area contributed by atoms with E-state index in [2.05, 4.69) is 4.72 Å². The van der Waals surface area contributed by atoms with Crippen molar-refractivity contribution in [2.75, 3.05) is 20.1 Å². The smallest absolute Gasteiger partial charge is 0.243 e. The van der Waals surface area contributed by atoms with Crippen molar-refractivity contribution in [3.8, 4) is 0 Å². The van der Waals surface area contributed by atoms with E-state index >= 15 is 0 Å². The lowest BCUT2D eigenvalue weighted by molar-refractivity contribution is 0.278. The Morgan fingerprint density at radius 2 is 1.94 bits per heavy atom. The Labute approximate surface area is 108 Å². The first kappa shape index (κ1) is 15.1. The molecule has 0 aliphatic rings. The van der Waals surface area contributed by atoms with Crippen LogP contribution in [-0.4, -0.2) is 39.5 Å². The van der Waals surface area contributed by atoms with Crippen LogP contribution in [0.1, 0.15) is 13.8 Å². The lowest BCUT2D eigenvalue weighted by atomic mass is 10.3. The quantitative estimate of drug-likeness (QED) is 0.854. The normalized spacial score (nSPS) is 12.3. The van der Waals surface area contributed by atoms with Crippen LogP contribution in [0.5, 0.6) is 0 Å². The number of sulfonamides is 1. The van der Waals surface area contributed by atoms with E-state index < -0.39 is 15.8 Å². The van der Waals surface area contributed by atoms with Crippen LogP contribution in [0.2, 0.25) is 0 Å². The highest BCUT2D eigenvalue weighted by Gasteiger charge is 2.17. The van der Waals surface area contributed by atoms with Crippen LogP contribution in [0.4, 0.5) is 4.39 Å². The highest BCUT2D eigenvalue weighted by Crippen LogP contribution is 2.12. The average molecular weight is 274 g/mol. The fraction of sp³-hybridized carbons (Fsp3) is 0.500. The van der Waals surface area contributed by atoms with Crippen molar-refractivity contribution in [3.05, 3.63) is 30.1 Å². The van der Waals surface area contributed by atoms with E-state index in [1.165, 1.54) is 18.2 Å². The summed E-state index contributed by atoms with van der Waals surface area (Å²) in [5.74, 6) is -0.734. The van der Waals surface area contributed by atoms with Gasteiger partial charge in [-0.15, -0.1) is 0 Å². The molecule has 0 heterocycles. The maximum atomic E-state index is 13.4. The van der Waals surface area contributed by atoms with Gasteiger partial charge in [-0.3, -0.25) is 0 Å². The molecule has 1 aromatic rings. The van der Waals surface area contributed by atoms with Gasteiger partial charge in [0.15, 0.2) is 0 Å². The number of nitrogens with one attached hydrogen (secondary N) is 1. The number of rotatable bonds is 6. The van der Waals surface area contributed by atoms with E-state index in [4.69, 9.17) is 0 Å². The molecule has 4 nitrogen and oxygen atoms in total. The number of halogens is 1. The molecule has 0 aliphatic carbocycles. The highest BCUT2D eigenvalue weighted by molar-refractivity contribution is 7.89. The Bertz CT molecular complexity index is 489. The van der Waals surface area contributed by atoms with Gasteiger partial charge in [-0.1, -0.05) is 12.1 Å². The fourth-order valence-electron chi connectivity index (χ4n) is 1.35. The van der Waals surface area contributed by atoms with Crippen molar-refractivity contribution in [3.63, 3.8) is 0 Å². The number of likely N-dealkylation sites (N-methyl/N-ethyl adjacent to an activating group) is 1. The molecule has 18 heavy (non-hydrogen) atoms. The van der Waals surface area contributed by atoms with Gasteiger partial charge < -0.3 is 4.90 Å².